The van der Waals surface area contributed by atoms with E-state index in [0.29, 0.717) is 11.3 Å². The molecule has 0 aliphatic heterocycles. The third kappa shape index (κ3) is 2.04. The van der Waals surface area contributed by atoms with Gasteiger partial charge < -0.3 is 5.11 Å². The Balaban J connectivity index is 2.52. The third-order valence-electron chi connectivity index (χ3n) is 3.95. The van der Waals surface area contributed by atoms with E-state index in [-0.39, 0.29) is 11.3 Å². The van der Waals surface area contributed by atoms with E-state index in [1.54, 1.807) is 25.3 Å². The molecule has 0 saturated carbocycles. The first-order valence-electron chi connectivity index (χ1n) is 7.09. The fourth-order valence-corrected chi connectivity index (χ4v) is 4.26. The monoisotopic (exact) mass is 314 g/mol. The normalized spacial score (nSPS) is 11.3. The Bertz CT molecular complexity index is 967. The van der Waals surface area contributed by atoms with Crippen molar-refractivity contribution in [2.75, 3.05) is 0 Å². The number of aromatic nitrogens is 2. The molecular weight excluding hydrogens is 296 g/mol. The Morgan fingerprint density at radius 2 is 1.82 bits per heavy atom. The van der Waals surface area contributed by atoms with Crippen LogP contribution in [-0.4, -0.2) is 14.9 Å². The quantitative estimate of drug-likeness (QED) is 0.746. The van der Waals surface area contributed by atoms with Gasteiger partial charge in [-0.15, -0.1) is 11.3 Å². The summed E-state index contributed by atoms with van der Waals surface area (Å²) in [5.41, 5.74) is 3.68. The predicted molar refractivity (Wildman–Crippen MR) is 90.9 cm³/mol. The van der Waals surface area contributed by atoms with Gasteiger partial charge >= 0.3 is 0 Å². The first kappa shape index (κ1) is 14.8. The summed E-state index contributed by atoms with van der Waals surface area (Å²) in [5, 5.41) is 15.5. The molecule has 3 rings (SSSR count). The van der Waals surface area contributed by atoms with Crippen LogP contribution in [0.5, 0.6) is 5.75 Å². The number of hydrogen-bond donors (Lipinski definition) is 1. The van der Waals surface area contributed by atoms with E-state index in [1.807, 2.05) is 13.8 Å². The van der Waals surface area contributed by atoms with Gasteiger partial charge in [0.15, 0.2) is 5.75 Å². The third-order valence-corrected chi connectivity index (χ3v) is 5.00. The first-order valence-corrected chi connectivity index (χ1v) is 7.90. The lowest BCUT2D eigenvalue weighted by Crippen LogP contribution is -2.22. The van der Waals surface area contributed by atoms with Crippen LogP contribution in [0.3, 0.4) is 0 Å². The van der Waals surface area contributed by atoms with E-state index in [1.165, 1.54) is 10.2 Å². The summed E-state index contributed by atoms with van der Waals surface area (Å²) in [7, 11) is 1.61. The largest absolute Gasteiger partial charge is 0.505 e. The molecule has 0 spiro atoms. The number of nitrogens with zero attached hydrogens (tertiary/aromatic N) is 2. The summed E-state index contributed by atoms with van der Waals surface area (Å²) < 4.78 is 2.43. The van der Waals surface area contributed by atoms with Crippen molar-refractivity contribution in [2.24, 2.45) is 7.05 Å². The van der Waals surface area contributed by atoms with Crippen LogP contribution >= 0.6 is 11.3 Å². The van der Waals surface area contributed by atoms with Gasteiger partial charge in [0.1, 0.15) is 5.69 Å². The molecule has 4 nitrogen and oxygen atoms in total. The molecule has 0 aliphatic rings. The lowest BCUT2D eigenvalue weighted by molar-refractivity contribution is 0.460. The Hall–Kier alpha value is -2.14. The van der Waals surface area contributed by atoms with Crippen LogP contribution in [0, 0.1) is 27.7 Å². The zero-order valence-corrected chi connectivity index (χ0v) is 14.1. The smallest absolute Gasteiger partial charge is 0.278 e. The fraction of sp³-hybridized carbons (Fsp3) is 0.294. The molecule has 1 aromatic carbocycles. The maximum Gasteiger partial charge on any atom is 0.278 e. The minimum absolute atomic E-state index is 0.0223. The second-order valence-electron chi connectivity index (χ2n) is 5.73. The molecule has 0 unspecified atom stereocenters. The van der Waals surface area contributed by atoms with Gasteiger partial charge in [-0.25, -0.2) is 4.68 Å². The van der Waals surface area contributed by atoms with Crippen molar-refractivity contribution in [3.05, 3.63) is 44.2 Å². The van der Waals surface area contributed by atoms with Crippen LogP contribution in [0.25, 0.3) is 21.2 Å². The Morgan fingerprint density at radius 1 is 1.14 bits per heavy atom. The summed E-state index contributed by atoms with van der Waals surface area (Å²) in [5.74, 6) is -0.0223. The minimum atomic E-state index is -0.272. The van der Waals surface area contributed by atoms with Crippen molar-refractivity contribution in [1.29, 1.82) is 0 Å². The molecule has 114 valence electrons. The molecule has 22 heavy (non-hydrogen) atoms. The van der Waals surface area contributed by atoms with Gasteiger partial charge in [0.25, 0.3) is 5.56 Å². The highest BCUT2D eigenvalue weighted by atomic mass is 32.1. The van der Waals surface area contributed by atoms with Crippen LogP contribution in [0.4, 0.5) is 0 Å². The Labute approximate surface area is 132 Å². The van der Waals surface area contributed by atoms with Gasteiger partial charge in [-0.1, -0.05) is 6.07 Å². The van der Waals surface area contributed by atoms with Gasteiger partial charge in [-0.3, -0.25) is 4.79 Å². The molecule has 0 bridgehead atoms. The van der Waals surface area contributed by atoms with Gasteiger partial charge in [0.2, 0.25) is 0 Å². The number of hydrogen-bond acceptors (Lipinski definition) is 4. The minimum Gasteiger partial charge on any atom is -0.505 e. The maximum atomic E-state index is 12.6. The van der Waals surface area contributed by atoms with E-state index in [2.05, 4.69) is 24.2 Å². The second-order valence-corrected chi connectivity index (χ2v) is 6.98. The van der Waals surface area contributed by atoms with E-state index in [4.69, 9.17) is 0 Å². The topological polar surface area (TPSA) is 55.1 Å². The van der Waals surface area contributed by atoms with Crippen molar-refractivity contribution in [3.8, 4) is 16.9 Å². The van der Waals surface area contributed by atoms with Gasteiger partial charge in [-0.2, -0.15) is 5.10 Å². The second kappa shape index (κ2) is 4.95. The van der Waals surface area contributed by atoms with E-state index >= 15 is 0 Å². The number of fused-ring (bicyclic) bond motifs is 1. The summed E-state index contributed by atoms with van der Waals surface area (Å²) in [6, 6.07) is 4.23. The highest BCUT2D eigenvalue weighted by Crippen LogP contribution is 2.42. The number of benzene rings is 1. The van der Waals surface area contributed by atoms with E-state index < -0.39 is 0 Å². The van der Waals surface area contributed by atoms with E-state index in [0.717, 1.165) is 26.1 Å². The molecule has 5 heteroatoms. The average molecular weight is 314 g/mol. The number of rotatable bonds is 1. The molecule has 0 radical (unpaired) electrons. The SMILES string of the molecule is Cc1cc(C)c2c(-c3c(O)c(C)nn(C)c3=O)c(C)sc2c1. The highest BCUT2D eigenvalue weighted by molar-refractivity contribution is 7.19. The highest BCUT2D eigenvalue weighted by Gasteiger charge is 2.22. The molecule has 3 aromatic rings. The predicted octanol–water partition coefficient (Wildman–Crippen LogP) is 3.60. The molecular formula is C17H18N2O2S. The number of thiophene rings is 1. The van der Waals surface area contributed by atoms with Crippen LogP contribution in [-0.2, 0) is 7.05 Å². The van der Waals surface area contributed by atoms with Crippen LogP contribution < -0.4 is 5.56 Å². The van der Waals surface area contributed by atoms with E-state index in [9.17, 15) is 9.90 Å². The van der Waals surface area contributed by atoms with Gasteiger partial charge in [0.05, 0.1) is 5.56 Å². The first-order chi connectivity index (χ1) is 10.3. The standard InChI is InChI=1S/C17H18N2O2S/c1-8-6-9(2)13-12(7-8)22-11(4)14(13)15-16(20)10(3)18-19(5)17(15)21/h6-7,20H,1-5H3. The van der Waals surface area contributed by atoms with Crippen molar-refractivity contribution < 1.29 is 5.11 Å². The Kier molecular flexibility index (Phi) is 3.33. The molecule has 0 fully saturated rings. The molecule has 0 aliphatic carbocycles. The molecule has 2 heterocycles. The maximum absolute atomic E-state index is 12.6. The molecule has 0 atom stereocenters. The van der Waals surface area contributed by atoms with Crippen molar-refractivity contribution in [3.63, 3.8) is 0 Å². The summed E-state index contributed by atoms with van der Waals surface area (Å²) in [4.78, 5) is 13.6. The van der Waals surface area contributed by atoms with Crippen LogP contribution in [0.2, 0.25) is 0 Å². The van der Waals surface area contributed by atoms with Crippen molar-refractivity contribution in [1.82, 2.24) is 9.78 Å². The van der Waals surface area contributed by atoms with Gasteiger partial charge in [0, 0.05) is 27.6 Å². The van der Waals surface area contributed by atoms with Crippen LogP contribution in [0.1, 0.15) is 21.7 Å². The molecule has 1 N–H and O–H groups in total. The number of aromatic hydroxyl groups is 1. The zero-order valence-electron chi connectivity index (χ0n) is 13.3. The lowest BCUT2D eigenvalue weighted by atomic mass is 9.98. The molecule has 2 aromatic heterocycles. The summed E-state index contributed by atoms with van der Waals surface area (Å²) in [6.07, 6.45) is 0. The van der Waals surface area contributed by atoms with Gasteiger partial charge in [-0.05, 0) is 44.9 Å². The Morgan fingerprint density at radius 3 is 2.50 bits per heavy atom. The van der Waals surface area contributed by atoms with Crippen LogP contribution in [0.15, 0.2) is 16.9 Å². The number of aryl methyl sites for hydroxylation is 5. The average Bonchev–Trinajstić information content (AvgIpc) is 2.73. The fourth-order valence-electron chi connectivity index (χ4n) is 3.01. The van der Waals surface area contributed by atoms with Crippen molar-refractivity contribution >= 4 is 21.4 Å². The summed E-state index contributed by atoms with van der Waals surface area (Å²) >= 11 is 1.65. The van der Waals surface area contributed by atoms with Crippen molar-refractivity contribution in [2.45, 2.75) is 27.7 Å². The summed E-state index contributed by atoms with van der Waals surface area (Å²) in [6.45, 7) is 7.80. The zero-order chi connectivity index (χ0) is 16.2. The lowest BCUT2D eigenvalue weighted by Gasteiger charge is -2.10. The molecule has 0 amide bonds. The molecule has 0 saturated heterocycles.